The van der Waals surface area contributed by atoms with Crippen molar-refractivity contribution in [1.82, 2.24) is 29.8 Å². The average molecular weight is 381 g/mol. The summed E-state index contributed by atoms with van der Waals surface area (Å²) in [6.45, 7) is 3.54. The van der Waals surface area contributed by atoms with Crippen molar-refractivity contribution < 1.29 is 9.32 Å². The Bertz CT molecular complexity index is 921. The third-order valence-corrected chi connectivity index (χ3v) is 4.81. The highest BCUT2D eigenvalue weighted by Crippen LogP contribution is 2.32. The second-order valence-corrected chi connectivity index (χ2v) is 6.75. The van der Waals surface area contributed by atoms with E-state index in [1.165, 1.54) is 0 Å². The lowest BCUT2D eigenvalue weighted by atomic mass is 10.2. The number of carbonyl (C=O) groups is 1. The van der Waals surface area contributed by atoms with Crippen LogP contribution in [-0.2, 0) is 6.54 Å². The fourth-order valence-corrected chi connectivity index (χ4v) is 3.34. The topological polar surface area (TPSA) is 102 Å². The number of aryl methyl sites for hydroxylation is 1. The number of urea groups is 1. The second kappa shape index (κ2) is 8.20. The maximum atomic E-state index is 12.9. The maximum absolute atomic E-state index is 12.9. The van der Waals surface area contributed by atoms with Crippen molar-refractivity contribution in [3.8, 4) is 11.5 Å². The van der Waals surface area contributed by atoms with E-state index < -0.39 is 0 Å². The van der Waals surface area contributed by atoms with Gasteiger partial charge in [-0.15, -0.1) is 0 Å². The molecule has 1 aliphatic rings. The van der Waals surface area contributed by atoms with Gasteiger partial charge in [0.1, 0.15) is 17.6 Å². The van der Waals surface area contributed by atoms with Gasteiger partial charge in [0.25, 0.3) is 0 Å². The third-order valence-electron chi connectivity index (χ3n) is 4.81. The highest BCUT2D eigenvalue weighted by atomic mass is 16.5. The van der Waals surface area contributed by atoms with Crippen molar-refractivity contribution in [2.24, 2.45) is 0 Å². The van der Waals surface area contributed by atoms with Gasteiger partial charge in [-0.05, 0) is 31.4 Å². The van der Waals surface area contributed by atoms with Crippen LogP contribution in [0.2, 0.25) is 0 Å². The van der Waals surface area contributed by atoms with Crippen LogP contribution in [0.4, 0.5) is 10.6 Å². The molecule has 28 heavy (non-hydrogen) atoms. The molecule has 0 saturated carbocycles. The van der Waals surface area contributed by atoms with Crippen molar-refractivity contribution >= 4 is 11.8 Å². The summed E-state index contributed by atoms with van der Waals surface area (Å²) in [5.74, 6) is 1.57. The standard InChI is InChI=1S/C19H23N7O2/c1-2-3-13-26-16(9-11-21-26)22-19(27)25-12-6-8-15(25)18-23-17(24-28-18)14-7-4-5-10-20-14/h4-5,7,9-11,15H,2-3,6,8,12-13H2,1H3,(H,22,27)/t15-/m0/s1. The number of rotatable bonds is 6. The van der Waals surface area contributed by atoms with E-state index in [-0.39, 0.29) is 12.1 Å². The zero-order valence-corrected chi connectivity index (χ0v) is 15.8. The minimum Gasteiger partial charge on any atom is -0.337 e. The number of aromatic nitrogens is 5. The third kappa shape index (κ3) is 3.73. The van der Waals surface area contributed by atoms with Crippen molar-refractivity contribution in [3.63, 3.8) is 0 Å². The summed E-state index contributed by atoms with van der Waals surface area (Å²) in [6.07, 6.45) is 7.12. The number of unbranched alkanes of at least 4 members (excludes halogenated alkanes) is 1. The van der Waals surface area contributed by atoms with E-state index in [0.29, 0.717) is 29.8 Å². The lowest BCUT2D eigenvalue weighted by Crippen LogP contribution is -2.35. The number of amides is 2. The highest BCUT2D eigenvalue weighted by Gasteiger charge is 2.34. The molecule has 0 radical (unpaired) electrons. The highest BCUT2D eigenvalue weighted by molar-refractivity contribution is 5.88. The van der Waals surface area contributed by atoms with Crippen LogP contribution in [0, 0.1) is 0 Å². The van der Waals surface area contributed by atoms with Gasteiger partial charge in [-0.3, -0.25) is 10.3 Å². The molecule has 0 aliphatic carbocycles. The lowest BCUT2D eigenvalue weighted by Gasteiger charge is -2.22. The minimum atomic E-state index is -0.239. The Hall–Kier alpha value is -3.23. The molecule has 3 aromatic heterocycles. The van der Waals surface area contributed by atoms with Gasteiger partial charge in [-0.1, -0.05) is 24.6 Å². The molecule has 1 fully saturated rings. The average Bonchev–Trinajstić information content (AvgIpc) is 3.47. The molecule has 4 rings (SSSR count). The number of nitrogens with zero attached hydrogens (tertiary/aromatic N) is 6. The van der Waals surface area contributed by atoms with E-state index in [1.54, 1.807) is 17.3 Å². The second-order valence-electron chi connectivity index (χ2n) is 6.75. The van der Waals surface area contributed by atoms with Crippen LogP contribution in [0.15, 0.2) is 41.2 Å². The predicted octanol–water partition coefficient (Wildman–Crippen LogP) is 3.50. The maximum Gasteiger partial charge on any atom is 0.323 e. The molecule has 0 spiro atoms. The van der Waals surface area contributed by atoms with Gasteiger partial charge in [0, 0.05) is 25.4 Å². The molecular formula is C19H23N7O2. The summed E-state index contributed by atoms with van der Waals surface area (Å²) in [4.78, 5) is 23.3. The summed E-state index contributed by atoms with van der Waals surface area (Å²) in [6, 6.07) is 6.92. The van der Waals surface area contributed by atoms with Gasteiger partial charge in [0.05, 0.1) is 6.20 Å². The molecular weight excluding hydrogens is 358 g/mol. The van der Waals surface area contributed by atoms with E-state index in [0.717, 1.165) is 32.2 Å². The Balaban J connectivity index is 1.47. The number of hydrogen-bond donors (Lipinski definition) is 1. The van der Waals surface area contributed by atoms with Crippen molar-refractivity contribution in [1.29, 1.82) is 0 Å². The predicted molar refractivity (Wildman–Crippen MR) is 102 cm³/mol. The zero-order valence-electron chi connectivity index (χ0n) is 15.8. The minimum absolute atomic E-state index is 0.182. The molecule has 9 heteroatoms. The first kappa shape index (κ1) is 18.1. The summed E-state index contributed by atoms with van der Waals surface area (Å²) in [5.41, 5.74) is 0.645. The fraction of sp³-hybridized carbons (Fsp3) is 0.421. The lowest BCUT2D eigenvalue weighted by molar-refractivity contribution is 0.193. The summed E-state index contributed by atoms with van der Waals surface area (Å²) >= 11 is 0. The van der Waals surface area contributed by atoms with Gasteiger partial charge in [0.2, 0.25) is 11.7 Å². The Labute approximate surface area is 162 Å². The molecule has 1 atom stereocenters. The monoisotopic (exact) mass is 381 g/mol. The first-order valence-corrected chi connectivity index (χ1v) is 9.60. The molecule has 0 unspecified atom stereocenters. The first-order chi connectivity index (χ1) is 13.8. The molecule has 1 saturated heterocycles. The van der Waals surface area contributed by atoms with Crippen LogP contribution in [0.5, 0.6) is 0 Å². The van der Waals surface area contributed by atoms with Crippen LogP contribution in [-0.4, -0.2) is 42.4 Å². The summed E-state index contributed by atoms with van der Waals surface area (Å²) in [7, 11) is 0. The van der Waals surface area contributed by atoms with Crippen LogP contribution >= 0.6 is 0 Å². The van der Waals surface area contributed by atoms with Crippen molar-refractivity contribution in [3.05, 3.63) is 42.5 Å². The largest absolute Gasteiger partial charge is 0.337 e. The molecule has 1 N–H and O–H groups in total. The number of carbonyl (C=O) groups excluding carboxylic acids is 1. The number of nitrogens with one attached hydrogen (secondary N) is 1. The smallest absolute Gasteiger partial charge is 0.323 e. The van der Waals surface area contributed by atoms with Crippen LogP contribution in [0.1, 0.15) is 44.5 Å². The zero-order chi connectivity index (χ0) is 19.3. The number of anilines is 1. The first-order valence-electron chi connectivity index (χ1n) is 9.60. The Kier molecular flexibility index (Phi) is 5.31. The molecule has 0 aromatic carbocycles. The summed E-state index contributed by atoms with van der Waals surface area (Å²) < 4.78 is 7.27. The number of likely N-dealkylation sites (tertiary alicyclic amines) is 1. The molecule has 4 heterocycles. The molecule has 146 valence electrons. The molecule has 0 bridgehead atoms. The van der Waals surface area contributed by atoms with Gasteiger partial charge in [-0.25, -0.2) is 9.48 Å². The number of pyridine rings is 1. The van der Waals surface area contributed by atoms with Crippen molar-refractivity contribution in [2.75, 3.05) is 11.9 Å². The number of hydrogen-bond acceptors (Lipinski definition) is 6. The van der Waals surface area contributed by atoms with E-state index in [2.05, 4.69) is 32.5 Å². The molecule has 2 amide bonds. The SMILES string of the molecule is CCCCn1nccc1NC(=O)N1CCC[C@H]1c1nc(-c2ccccn2)no1. The van der Waals surface area contributed by atoms with Gasteiger partial charge in [-0.2, -0.15) is 10.1 Å². The Morgan fingerprint density at radius 2 is 2.25 bits per heavy atom. The van der Waals surface area contributed by atoms with Gasteiger partial charge in [0.15, 0.2) is 0 Å². The molecule has 1 aliphatic heterocycles. The van der Waals surface area contributed by atoms with Crippen LogP contribution < -0.4 is 5.32 Å². The quantitative estimate of drug-likeness (QED) is 0.701. The molecule has 3 aromatic rings. The Morgan fingerprint density at radius 1 is 1.32 bits per heavy atom. The van der Waals surface area contributed by atoms with Gasteiger partial charge < -0.3 is 9.42 Å². The fourth-order valence-electron chi connectivity index (χ4n) is 3.34. The summed E-state index contributed by atoms with van der Waals surface area (Å²) in [5, 5.41) is 11.3. The van der Waals surface area contributed by atoms with Crippen LogP contribution in [0.25, 0.3) is 11.5 Å². The van der Waals surface area contributed by atoms with E-state index in [1.807, 2.05) is 28.9 Å². The Morgan fingerprint density at radius 3 is 3.07 bits per heavy atom. The van der Waals surface area contributed by atoms with E-state index in [4.69, 9.17) is 4.52 Å². The van der Waals surface area contributed by atoms with E-state index >= 15 is 0 Å². The van der Waals surface area contributed by atoms with Crippen LogP contribution in [0.3, 0.4) is 0 Å². The van der Waals surface area contributed by atoms with Gasteiger partial charge >= 0.3 is 6.03 Å². The normalized spacial score (nSPS) is 16.5. The van der Waals surface area contributed by atoms with Crippen molar-refractivity contribution in [2.45, 2.75) is 45.2 Å². The van der Waals surface area contributed by atoms with E-state index in [9.17, 15) is 4.79 Å². The molecule has 9 nitrogen and oxygen atoms in total.